The third kappa shape index (κ3) is 3.93. The second-order valence-electron chi connectivity index (χ2n) is 6.12. The smallest absolute Gasteiger partial charge is 0.234 e. The molecule has 2 heterocycles. The lowest BCUT2D eigenvalue weighted by molar-refractivity contribution is 0.232. The van der Waals surface area contributed by atoms with Crippen molar-refractivity contribution in [2.45, 2.75) is 26.0 Å². The minimum atomic E-state index is -0.255. The average molecular weight is 353 g/mol. The van der Waals surface area contributed by atoms with Crippen LogP contribution in [0.4, 0.5) is 5.82 Å². The van der Waals surface area contributed by atoms with Crippen LogP contribution in [0, 0.1) is 0 Å². The van der Waals surface area contributed by atoms with E-state index >= 15 is 0 Å². The molecule has 0 radical (unpaired) electrons. The number of nitrogens with one attached hydrogen (secondary N) is 1. The number of hydrogen-bond acceptors (Lipinski definition) is 6. The molecule has 3 rings (SSSR count). The number of methoxy groups -OCH3 is 1. The summed E-state index contributed by atoms with van der Waals surface area (Å²) < 4.78 is 13.1. The molecule has 0 aliphatic carbocycles. The average Bonchev–Trinajstić information content (AvgIpc) is 3.05. The van der Waals surface area contributed by atoms with Crippen LogP contribution < -0.4 is 14.8 Å². The van der Waals surface area contributed by atoms with Crippen LogP contribution in [-0.4, -0.2) is 32.7 Å². The van der Waals surface area contributed by atoms with Crippen molar-refractivity contribution in [1.29, 1.82) is 0 Å². The maximum atomic E-state index is 5.64. The topological polar surface area (TPSA) is 74.1 Å². The standard InChI is InChI=1S/C19H23N5O2/c1-13(2)26-17-12-20-11-16(22-17)23-18(19-21-9-10-24(19)3)14-7-5-6-8-15(14)25-4/h5-13,18H,1-4H3,(H,22,23). The Morgan fingerprint density at radius 1 is 1.15 bits per heavy atom. The Morgan fingerprint density at radius 3 is 2.65 bits per heavy atom. The fraction of sp³-hybridized carbons (Fsp3) is 0.316. The quantitative estimate of drug-likeness (QED) is 0.703. The zero-order valence-electron chi connectivity index (χ0n) is 15.4. The van der Waals surface area contributed by atoms with E-state index in [2.05, 4.69) is 20.3 Å². The molecule has 7 nitrogen and oxygen atoms in total. The Labute approximate surface area is 153 Å². The Kier molecular flexibility index (Phi) is 5.36. The summed E-state index contributed by atoms with van der Waals surface area (Å²) in [7, 11) is 3.61. The first-order valence-corrected chi connectivity index (χ1v) is 8.44. The van der Waals surface area contributed by atoms with E-state index in [1.807, 2.05) is 55.9 Å². The number of imidazole rings is 1. The number of ether oxygens (including phenoxy) is 2. The zero-order valence-corrected chi connectivity index (χ0v) is 15.4. The van der Waals surface area contributed by atoms with Crippen molar-refractivity contribution >= 4 is 5.82 Å². The number of rotatable bonds is 7. The molecular weight excluding hydrogens is 330 g/mol. The van der Waals surface area contributed by atoms with Crippen LogP contribution in [0.25, 0.3) is 0 Å². The molecular formula is C19H23N5O2. The van der Waals surface area contributed by atoms with E-state index in [1.165, 1.54) is 0 Å². The van der Waals surface area contributed by atoms with Crippen molar-refractivity contribution in [3.05, 3.63) is 60.4 Å². The monoisotopic (exact) mass is 353 g/mol. The summed E-state index contributed by atoms with van der Waals surface area (Å²) >= 11 is 0. The van der Waals surface area contributed by atoms with Crippen LogP contribution in [0.1, 0.15) is 31.3 Å². The maximum Gasteiger partial charge on any atom is 0.234 e. The highest BCUT2D eigenvalue weighted by Gasteiger charge is 2.22. The van der Waals surface area contributed by atoms with Gasteiger partial charge in [0.1, 0.15) is 23.4 Å². The van der Waals surface area contributed by atoms with Gasteiger partial charge in [-0.25, -0.2) is 4.98 Å². The summed E-state index contributed by atoms with van der Waals surface area (Å²) in [4.78, 5) is 13.2. The van der Waals surface area contributed by atoms with E-state index in [4.69, 9.17) is 9.47 Å². The molecule has 1 N–H and O–H groups in total. The number of para-hydroxylation sites is 1. The molecule has 0 fully saturated rings. The highest BCUT2D eigenvalue weighted by molar-refractivity contribution is 5.46. The number of anilines is 1. The third-order valence-corrected chi connectivity index (χ3v) is 3.83. The van der Waals surface area contributed by atoms with Crippen molar-refractivity contribution < 1.29 is 9.47 Å². The number of benzene rings is 1. The number of hydrogen-bond donors (Lipinski definition) is 1. The van der Waals surface area contributed by atoms with Gasteiger partial charge in [0, 0.05) is 25.0 Å². The summed E-state index contributed by atoms with van der Waals surface area (Å²) in [6.45, 7) is 3.90. The van der Waals surface area contributed by atoms with Gasteiger partial charge in [0.05, 0.1) is 25.6 Å². The van der Waals surface area contributed by atoms with Gasteiger partial charge in [0.25, 0.3) is 0 Å². The van der Waals surface area contributed by atoms with Crippen LogP contribution >= 0.6 is 0 Å². The van der Waals surface area contributed by atoms with Gasteiger partial charge in [0.2, 0.25) is 5.88 Å². The second kappa shape index (κ2) is 7.86. The predicted octanol–water partition coefficient (Wildman–Crippen LogP) is 3.21. The molecule has 0 saturated carbocycles. The summed E-state index contributed by atoms with van der Waals surface area (Å²) in [5.41, 5.74) is 0.960. The van der Waals surface area contributed by atoms with Gasteiger partial charge in [-0.15, -0.1) is 0 Å². The highest BCUT2D eigenvalue weighted by atomic mass is 16.5. The first-order chi connectivity index (χ1) is 12.6. The fourth-order valence-electron chi connectivity index (χ4n) is 2.71. The highest BCUT2D eigenvalue weighted by Crippen LogP contribution is 2.31. The summed E-state index contributed by atoms with van der Waals surface area (Å²) in [6.07, 6.45) is 6.97. The molecule has 3 aromatic rings. The lowest BCUT2D eigenvalue weighted by Crippen LogP contribution is -2.18. The molecule has 0 saturated heterocycles. The first-order valence-electron chi connectivity index (χ1n) is 8.44. The maximum absolute atomic E-state index is 5.64. The minimum Gasteiger partial charge on any atom is -0.496 e. The van der Waals surface area contributed by atoms with E-state index in [9.17, 15) is 0 Å². The molecule has 26 heavy (non-hydrogen) atoms. The normalized spacial score (nSPS) is 12.0. The van der Waals surface area contributed by atoms with Gasteiger partial charge < -0.3 is 19.4 Å². The number of aryl methyl sites for hydroxylation is 1. The molecule has 0 aliphatic heterocycles. The Hall–Kier alpha value is -3.09. The van der Waals surface area contributed by atoms with Gasteiger partial charge in [0.15, 0.2) is 0 Å². The lowest BCUT2D eigenvalue weighted by atomic mass is 10.0. The Morgan fingerprint density at radius 2 is 1.96 bits per heavy atom. The molecule has 0 amide bonds. The van der Waals surface area contributed by atoms with Gasteiger partial charge in [-0.3, -0.25) is 4.98 Å². The van der Waals surface area contributed by atoms with Crippen LogP contribution in [0.2, 0.25) is 0 Å². The molecule has 0 spiro atoms. The lowest BCUT2D eigenvalue weighted by Gasteiger charge is -2.21. The zero-order chi connectivity index (χ0) is 18.5. The predicted molar refractivity (Wildman–Crippen MR) is 99.5 cm³/mol. The third-order valence-electron chi connectivity index (χ3n) is 3.83. The van der Waals surface area contributed by atoms with E-state index in [1.54, 1.807) is 25.7 Å². The van der Waals surface area contributed by atoms with E-state index in [-0.39, 0.29) is 12.1 Å². The van der Waals surface area contributed by atoms with Crippen molar-refractivity contribution in [3.63, 3.8) is 0 Å². The van der Waals surface area contributed by atoms with Crippen LogP contribution in [0.3, 0.4) is 0 Å². The largest absolute Gasteiger partial charge is 0.496 e. The fourth-order valence-corrected chi connectivity index (χ4v) is 2.71. The molecule has 0 aliphatic rings. The first kappa shape index (κ1) is 17.7. The van der Waals surface area contributed by atoms with Crippen LogP contribution in [0.5, 0.6) is 11.6 Å². The van der Waals surface area contributed by atoms with Crippen LogP contribution in [0.15, 0.2) is 49.1 Å². The summed E-state index contributed by atoms with van der Waals surface area (Å²) in [5, 5.41) is 3.41. The van der Waals surface area contributed by atoms with E-state index in [0.717, 1.165) is 17.1 Å². The van der Waals surface area contributed by atoms with Gasteiger partial charge in [-0.05, 0) is 19.9 Å². The van der Waals surface area contributed by atoms with Gasteiger partial charge >= 0.3 is 0 Å². The van der Waals surface area contributed by atoms with Crippen molar-refractivity contribution in [1.82, 2.24) is 19.5 Å². The van der Waals surface area contributed by atoms with Gasteiger partial charge in [-0.2, -0.15) is 4.98 Å². The van der Waals surface area contributed by atoms with Gasteiger partial charge in [-0.1, -0.05) is 18.2 Å². The number of nitrogens with zero attached hydrogens (tertiary/aromatic N) is 4. The minimum absolute atomic E-state index is 0.0269. The Bertz CT molecular complexity index is 862. The van der Waals surface area contributed by atoms with Crippen molar-refractivity contribution in [2.24, 2.45) is 7.05 Å². The Balaban J connectivity index is 1.99. The number of aromatic nitrogens is 4. The second-order valence-corrected chi connectivity index (χ2v) is 6.12. The van der Waals surface area contributed by atoms with E-state index < -0.39 is 0 Å². The molecule has 1 aromatic carbocycles. The van der Waals surface area contributed by atoms with E-state index in [0.29, 0.717) is 11.7 Å². The molecule has 2 aromatic heterocycles. The summed E-state index contributed by atoms with van der Waals surface area (Å²) in [5.74, 6) is 2.69. The molecule has 136 valence electrons. The molecule has 1 unspecified atom stereocenters. The summed E-state index contributed by atoms with van der Waals surface area (Å²) in [6, 6.07) is 7.59. The van der Waals surface area contributed by atoms with Crippen molar-refractivity contribution in [3.8, 4) is 11.6 Å². The molecule has 7 heteroatoms. The molecule has 1 atom stereocenters. The van der Waals surface area contributed by atoms with Crippen molar-refractivity contribution in [2.75, 3.05) is 12.4 Å². The molecule has 0 bridgehead atoms. The van der Waals surface area contributed by atoms with Crippen LogP contribution in [-0.2, 0) is 7.05 Å². The SMILES string of the molecule is COc1ccccc1C(Nc1cncc(OC(C)C)n1)c1nccn1C.